The lowest BCUT2D eigenvalue weighted by atomic mass is 10.1. The van der Waals surface area contributed by atoms with Crippen LogP contribution >= 0.6 is 23.2 Å². The second-order valence-electron chi connectivity index (χ2n) is 8.67. The number of urea groups is 1. The summed E-state index contributed by atoms with van der Waals surface area (Å²) in [5.41, 5.74) is 0.875. The summed E-state index contributed by atoms with van der Waals surface area (Å²) in [6.45, 7) is 0. The quantitative estimate of drug-likeness (QED) is 0.178. The monoisotopic (exact) mass is 612 g/mol. The van der Waals surface area contributed by atoms with Crippen molar-refractivity contribution in [3.8, 4) is 22.8 Å². The minimum atomic E-state index is -4.68. The van der Waals surface area contributed by atoms with E-state index in [4.69, 9.17) is 27.7 Å². The maximum atomic E-state index is 13.1. The predicted octanol–water partition coefficient (Wildman–Crippen LogP) is 8.02. The number of rotatable bonds is 6. The first kappa shape index (κ1) is 28.6. The zero-order chi connectivity index (χ0) is 29.9. The molecule has 42 heavy (non-hydrogen) atoms. The van der Waals surface area contributed by atoms with Crippen molar-refractivity contribution in [1.29, 1.82) is 0 Å². The van der Waals surface area contributed by atoms with Gasteiger partial charge in [0.2, 0.25) is 5.82 Å². The van der Waals surface area contributed by atoms with Crippen LogP contribution in [0.15, 0.2) is 89.7 Å². The van der Waals surface area contributed by atoms with Gasteiger partial charge in [-0.3, -0.25) is 9.78 Å². The molecule has 0 aliphatic rings. The molecule has 3 aromatic carbocycles. The Morgan fingerprint density at radius 3 is 2.26 bits per heavy atom. The Kier molecular flexibility index (Phi) is 8.09. The van der Waals surface area contributed by atoms with E-state index in [1.165, 1.54) is 12.3 Å². The van der Waals surface area contributed by atoms with Crippen LogP contribution in [0, 0.1) is 0 Å². The Hall–Kier alpha value is -4.94. The number of aromatic nitrogens is 3. The Morgan fingerprint density at radius 2 is 1.55 bits per heavy atom. The number of amides is 3. The third kappa shape index (κ3) is 6.67. The molecular formula is C28H17Cl2F3N6O3. The van der Waals surface area contributed by atoms with Crippen molar-refractivity contribution in [2.45, 2.75) is 6.18 Å². The minimum Gasteiger partial charge on any atom is -0.334 e. The van der Waals surface area contributed by atoms with Crippen LogP contribution in [-0.2, 0) is 6.18 Å². The van der Waals surface area contributed by atoms with Gasteiger partial charge in [0.05, 0.1) is 21.2 Å². The second kappa shape index (κ2) is 11.9. The van der Waals surface area contributed by atoms with E-state index in [1.807, 2.05) is 0 Å². The zero-order valence-corrected chi connectivity index (χ0v) is 22.6. The number of anilines is 3. The Balaban J connectivity index is 1.27. The van der Waals surface area contributed by atoms with Crippen LogP contribution in [0.25, 0.3) is 22.8 Å². The van der Waals surface area contributed by atoms with Gasteiger partial charge < -0.3 is 20.5 Å². The molecule has 0 fully saturated rings. The highest BCUT2D eigenvalue weighted by Crippen LogP contribution is 2.36. The number of carbonyl (C=O) groups is 2. The molecule has 0 unspecified atom stereocenters. The van der Waals surface area contributed by atoms with E-state index in [2.05, 4.69) is 31.1 Å². The Bertz CT molecular complexity index is 1780. The number of nitrogens with one attached hydrogen (secondary N) is 3. The van der Waals surface area contributed by atoms with Crippen molar-refractivity contribution in [3.05, 3.63) is 106 Å². The molecule has 0 bridgehead atoms. The van der Waals surface area contributed by atoms with Crippen LogP contribution in [0.2, 0.25) is 10.0 Å². The van der Waals surface area contributed by atoms with Gasteiger partial charge in [0.15, 0.2) is 0 Å². The molecule has 5 aromatic rings. The highest BCUT2D eigenvalue weighted by Gasteiger charge is 2.33. The number of nitrogens with zero attached hydrogens (tertiary/aromatic N) is 3. The van der Waals surface area contributed by atoms with Gasteiger partial charge in [0.25, 0.3) is 11.8 Å². The number of benzene rings is 3. The number of hydrogen-bond acceptors (Lipinski definition) is 6. The summed E-state index contributed by atoms with van der Waals surface area (Å²) < 4.78 is 44.7. The lowest BCUT2D eigenvalue weighted by Crippen LogP contribution is -2.20. The molecule has 3 amide bonds. The van der Waals surface area contributed by atoms with E-state index >= 15 is 0 Å². The number of alkyl halides is 3. The molecule has 14 heteroatoms. The van der Waals surface area contributed by atoms with Gasteiger partial charge >= 0.3 is 12.2 Å². The molecule has 5 rings (SSSR count). The van der Waals surface area contributed by atoms with Gasteiger partial charge in [-0.15, -0.1) is 0 Å². The smallest absolute Gasteiger partial charge is 0.334 e. The maximum Gasteiger partial charge on any atom is 0.417 e. The van der Waals surface area contributed by atoms with E-state index in [0.717, 1.165) is 12.1 Å². The maximum absolute atomic E-state index is 13.1. The lowest BCUT2D eigenvalue weighted by molar-refractivity contribution is -0.137. The van der Waals surface area contributed by atoms with Crippen LogP contribution in [0.5, 0.6) is 0 Å². The normalized spacial score (nSPS) is 11.2. The largest absolute Gasteiger partial charge is 0.417 e. The predicted molar refractivity (Wildman–Crippen MR) is 151 cm³/mol. The molecule has 9 nitrogen and oxygen atoms in total. The Labute approximate surface area is 245 Å². The van der Waals surface area contributed by atoms with Crippen LogP contribution in [0.4, 0.5) is 35.0 Å². The van der Waals surface area contributed by atoms with E-state index in [1.54, 1.807) is 60.8 Å². The molecule has 0 spiro atoms. The molecule has 0 saturated heterocycles. The number of halogens is 5. The summed E-state index contributed by atoms with van der Waals surface area (Å²) >= 11 is 12.1. The van der Waals surface area contributed by atoms with E-state index in [-0.39, 0.29) is 28.3 Å². The zero-order valence-electron chi connectivity index (χ0n) is 21.0. The Morgan fingerprint density at radius 1 is 0.810 bits per heavy atom. The third-order valence-electron chi connectivity index (χ3n) is 5.71. The molecule has 212 valence electrons. The first-order valence-electron chi connectivity index (χ1n) is 12.0. The summed E-state index contributed by atoms with van der Waals surface area (Å²) in [6.07, 6.45) is -1.67. The molecule has 0 atom stereocenters. The molecule has 2 heterocycles. The number of hydrogen-bond donors (Lipinski definition) is 3. The van der Waals surface area contributed by atoms with E-state index in [0.29, 0.717) is 28.1 Å². The number of pyridine rings is 1. The molecule has 0 saturated carbocycles. The van der Waals surface area contributed by atoms with Crippen LogP contribution < -0.4 is 16.0 Å². The molecule has 0 aliphatic heterocycles. The van der Waals surface area contributed by atoms with Gasteiger partial charge in [0.1, 0.15) is 0 Å². The van der Waals surface area contributed by atoms with Gasteiger partial charge in [-0.2, -0.15) is 18.2 Å². The summed E-state index contributed by atoms with van der Waals surface area (Å²) in [7, 11) is 0. The first-order chi connectivity index (χ1) is 20.1. The minimum absolute atomic E-state index is 0.0959. The molecule has 2 aromatic heterocycles. The van der Waals surface area contributed by atoms with Crippen molar-refractivity contribution in [2.75, 3.05) is 16.0 Å². The van der Waals surface area contributed by atoms with Crippen LogP contribution in [-0.4, -0.2) is 27.1 Å². The second-order valence-corrected chi connectivity index (χ2v) is 9.48. The number of carbonyl (C=O) groups excluding carboxylic acids is 2. The summed E-state index contributed by atoms with van der Waals surface area (Å²) in [5, 5.41) is 11.4. The van der Waals surface area contributed by atoms with Gasteiger partial charge in [-0.25, -0.2) is 4.79 Å². The highest BCUT2D eigenvalue weighted by molar-refractivity contribution is 6.33. The fraction of sp³-hybridized carbons (Fsp3) is 0.0357. The summed E-state index contributed by atoms with van der Waals surface area (Å²) in [5.74, 6) is -0.0544. The SMILES string of the molecule is O=C(Nc1cccc(-c2nc(-c3ccc(NC(=O)c4cccnc4)cc3Cl)no2)c1)Nc1ccc(Cl)c(C(F)(F)F)c1. The first-order valence-corrected chi connectivity index (χ1v) is 12.7. The summed E-state index contributed by atoms with van der Waals surface area (Å²) in [4.78, 5) is 33.1. The molecule has 0 aliphatic carbocycles. The van der Waals surface area contributed by atoms with Crippen molar-refractivity contribution in [3.63, 3.8) is 0 Å². The van der Waals surface area contributed by atoms with Crippen LogP contribution in [0.3, 0.4) is 0 Å². The van der Waals surface area contributed by atoms with Gasteiger partial charge in [-0.1, -0.05) is 34.4 Å². The lowest BCUT2D eigenvalue weighted by Gasteiger charge is -2.12. The highest BCUT2D eigenvalue weighted by atomic mass is 35.5. The summed E-state index contributed by atoms with van der Waals surface area (Å²) in [6, 6.07) is 16.7. The standard InChI is InChI=1S/C28H17Cl2F3N6O3/c29-22-9-7-18(12-21(22)28(31,32)33)37-27(41)36-17-5-1-3-15(11-17)26-38-24(39-42-26)20-8-6-19(13-23(20)30)35-25(40)16-4-2-10-34-14-16/h1-14H,(H,35,40)(H2,36,37,41). The fourth-order valence-electron chi connectivity index (χ4n) is 3.77. The van der Waals surface area contributed by atoms with Crippen LogP contribution in [0.1, 0.15) is 15.9 Å². The molecule has 0 radical (unpaired) electrons. The third-order valence-corrected chi connectivity index (χ3v) is 6.36. The van der Waals surface area contributed by atoms with Crippen molar-refractivity contribution in [2.24, 2.45) is 0 Å². The van der Waals surface area contributed by atoms with E-state index < -0.39 is 22.8 Å². The van der Waals surface area contributed by atoms with Crippen molar-refractivity contribution >= 4 is 52.2 Å². The average molecular weight is 613 g/mol. The molecule has 3 N–H and O–H groups in total. The van der Waals surface area contributed by atoms with Crippen molar-refractivity contribution < 1.29 is 27.3 Å². The van der Waals surface area contributed by atoms with E-state index in [9.17, 15) is 22.8 Å². The molecular weight excluding hydrogens is 596 g/mol. The van der Waals surface area contributed by atoms with Crippen molar-refractivity contribution in [1.82, 2.24) is 15.1 Å². The topological polar surface area (TPSA) is 122 Å². The van der Waals surface area contributed by atoms with Gasteiger partial charge in [0, 0.05) is 40.6 Å². The average Bonchev–Trinajstić information content (AvgIpc) is 3.44. The fourth-order valence-corrected chi connectivity index (χ4v) is 4.26. The van der Waals surface area contributed by atoms with Gasteiger partial charge in [-0.05, 0) is 66.7 Å².